The topological polar surface area (TPSA) is 77.7 Å². The van der Waals surface area contributed by atoms with Crippen LogP contribution < -0.4 is 10.6 Å². The van der Waals surface area contributed by atoms with Gasteiger partial charge in [-0.05, 0) is 63.7 Å². The summed E-state index contributed by atoms with van der Waals surface area (Å²) >= 11 is 0. The molecule has 2 amide bonds. The Kier molecular flexibility index (Phi) is 5.46. The highest BCUT2D eigenvalue weighted by Gasteiger charge is 2.42. The van der Waals surface area contributed by atoms with Crippen LogP contribution in [0.25, 0.3) is 0 Å². The van der Waals surface area contributed by atoms with Gasteiger partial charge in [-0.2, -0.15) is 0 Å². The normalized spacial score (nSPS) is 22.6. The molecule has 1 aliphatic heterocycles. The third-order valence-electron chi connectivity index (χ3n) is 5.36. The molecule has 2 aliphatic rings. The maximum Gasteiger partial charge on any atom is 0.315 e. The third kappa shape index (κ3) is 4.11. The summed E-state index contributed by atoms with van der Waals surface area (Å²) < 4.78 is 5.60. The van der Waals surface area contributed by atoms with E-state index in [0.717, 1.165) is 31.7 Å². The van der Waals surface area contributed by atoms with E-state index in [-0.39, 0.29) is 18.7 Å². The lowest BCUT2D eigenvalue weighted by molar-refractivity contribution is 0.137. The number of carbonyl (C=O) groups is 1. The number of rotatable bonds is 7. The Morgan fingerprint density at radius 1 is 1.42 bits per heavy atom. The number of hydrogen-bond acceptors (Lipinski definition) is 4. The Morgan fingerprint density at radius 2 is 2.17 bits per heavy atom. The number of carbonyl (C=O) groups excluding carboxylic acids is 1. The van der Waals surface area contributed by atoms with Crippen molar-refractivity contribution in [1.29, 1.82) is 0 Å². The lowest BCUT2D eigenvalue weighted by atomic mass is 9.97. The molecular weight excluding hydrogens is 306 g/mol. The zero-order valence-corrected chi connectivity index (χ0v) is 14.5. The number of piperidine rings is 1. The monoisotopic (exact) mass is 335 g/mol. The molecule has 1 aromatic rings. The Labute approximate surface area is 143 Å². The number of urea groups is 1. The van der Waals surface area contributed by atoms with Gasteiger partial charge >= 0.3 is 6.03 Å². The number of aliphatic hydroxyl groups excluding tert-OH is 1. The van der Waals surface area contributed by atoms with Gasteiger partial charge in [-0.15, -0.1) is 0 Å². The van der Waals surface area contributed by atoms with E-state index in [0.29, 0.717) is 12.5 Å². The maximum atomic E-state index is 12.3. The van der Waals surface area contributed by atoms with Crippen LogP contribution in [0, 0.1) is 5.92 Å². The fraction of sp³-hybridized carbons (Fsp3) is 0.722. The first-order chi connectivity index (χ1) is 11.6. The van der Waals surface area contributed by atoms with Gasteiger partial charge in [0.05, 0.1) is 24.5 Å². The highest BCUT2D eigenvalue weighted by Crippen LogP contribution is 2.39. The van der Waals surface area contributed by atoms with Crippen LogP contribution in [-0.2, 0) is 0 Å². The summed E-state index contributed by atoms with van der Waals surface area (Å²) in [6.07, 6.45) is 7.47. The van der Waals surface area contributed by atoms with Crippen molar-refractivity contribution in [2.45, 2.75) is 50.6 Å². The molecule has 2 atom stereocenters. The summed E-state index contributed by atoms with van der Waals surface area (Å²) in [6.45, 7) is 4.46. The average molecular weight is 335 g/mol. The minimum Gasteiger partial charge on any atom is -0.468 e. The molecule has 2 heterocycles. The van der Waals surface area contributed by atoms with Gasteiger partial charge in [0.1, 0.15) is 5.76 Å². The first kappa shape index (κ1) is 17.3. The summed E-state index contributed by atoms with van der Waals surface area (Å²) in [5.41, 5.74) is -0.518. The van der Waals surface area contributed by atoms with E-state index in [1.807, 2.05) is 19.1 Å². The molecule has 6 nitrogen and oxygen atoms in total. The first-order valence-electron chi connectivity index (χ1n) is 9.07. The molecule has 2 fully saturated rings. The SMILES string of the molecule is CC(CO)(NC(=O)NCC(c1ccco1)N1CCCCC1)C1CC1. The second kappa shape index (κ2) is 7.57. The van der Waals surface area contributed by atoms with Crippen LogP contribution in [0.2, 0.25) is 0 Å². The largest absolute Gasteiger partial charge is 0.468 e. The highest BCUT2D eigenvalue weighted by atomic mass is 16.3. The number of aliphatic hydroxyl groups is 1. The van der Waals surface area contributed by atoms with Crippen molar-refractivity contribution < 1.29 is 14.3 Å². The van der Waals surface area contributed by atoms with E-state index in [4.69, 9.17) is 4.42 Å². The van der Waals surface area contributed by atoms with Gasteiger partial charge in [-0.3, -0.25) is 4.90 Å². The lowest BCUT2D eigenvalue weighted by Gasteiger charge is -2.34. The van der Waals surface area contributed by atoms with Gasteiger partial charge in [-0.1, -0.05) is 6.42 Å². The third-order valence-corrected chi connectivity index (χ3v) is 5.36. The zero-order valence-electron chi connectivity index (χ0n) is 14.5. The maximum absolute atomic E-state index is 12.3. The minimum absolute atomic E-state index is 0.0289. The van der Waals surface area contributed by atoms with Crippen molar-refractivity contribution in [2.24, 2.45) is 5.92 Å². The van der Waals surface area contributed by atoms with E-state index in [1.54, 1.807) is 6.26 Å². The molecule has 1 aromatic heterocycles. The Hall–Kier alpha value is -1.53. The van der Waals surface area contributed by atoms with E-state index >= 15 is 0 Å². The fourth-order valence-corrected chi connectivity index (χ4v) is 3.60. The van der Waals surface area contributed by atoms with E-state index in [1.165, 1.54) is 19.3 Å². The van der Waals surface area contributed by atoms with Crippen molar-refractivity contribution >= 4 is 6.03 Å². The number of amides is 2. The molecule has 0 radical (unpaired) electrons. The van der Waals surface area contributed by atoms with Crippen LogP contribution in [0.15, 0.2) is 22.8 Å². The van der Waals surface area contributed by atoms with Crippen LogP contribution in [0.1, 0.15) is 50.8 Å². The second-order valence-electron chi connectivity index (χ2n) is 7.31. The van der Waals surface area contributed by atoms with Crippen LogP contribution >= 0.6 is 0 Å². The molecule has 0 spiro atoms. The predicted octanol–water partition coefficient (Wildman–Crippen LogP) is 2.27. The minimum atomic E-state index is -0.518. The molecule has 0 bridgehead atoms. The second-order valence-corrected chi connectivity index (χ2v) is 7.31. The Bertz CT molecular complexity index is 524. The van der Waals surface area contributed by atoms with Gasteiger partial charge in [0.25, 0.3) is 0 Å². The van der Waals surface area contributed by atoms with Crippen molar-refractivity contribution in [3.05, 3.63) is 24.2 Å². The van der Waals surface area contributed by atoms with Crippen molar-refractivity contribution in [2.75, 3.05) is 26.2 Å². The molecule has 134 valence electrons. The summed E-state index contributed by atoms with van der Waals surface area (Å²) in [6, 6.07) is 3.71. The van der Waals surface area contributed by atoms with E-state index in [9.17, 15) is 9.90 Å². The smallest absolute Gasteiger partial charge is 0.315 e. The first-order valence-corrected chi connectivity index (χ1v) is 9.07. The van der Waals surface area contributed by atoms with Gasteiger partial charge in [0, 0.05) is 6.54 Å². The number of furan rings is 1. The van der Waals surface area contributed by atoms with E-state index in [2.05, 4.69) is 15.5 Å². The Balaban J connectivity index is 1.57. The zero-order chi connectivity index (χ0) is 17.0. The van der Waals surface area contributed by atoms with Crippen LogP contribution in [0.5, 0.6) is 0 Å². The quantitative estimate of drug-likeness (QED) is 0.714. The van der Waals surface area contributed by atoms with Crippen molar-refractivity contribution in [3.63, 3.8) is 0 Å². The van der Waals surface area contributed by atoms with Crippen LogP contribution in [-0.4, -0.2) is 47.8 Å². The average Bonchev–Trinajstić information content (AvgIpc) is 3.33. The Morgan fingerprint density at radius 3 is 2.75 bits per heavy atom. The number of hydrogen-bond donors (Lipinski definition) is 3. The van der Waals surface area contributed by atoms with Gasteiger partial charge in [0.15, 0.2) is 0 Å². The van der Waals surface area contributed by atoms with Crippen molar-refractivity contribution in [3.8, 4) is 0 Å². The van der Waals surface area contributed by atoms with Crippen LogP contribution in [0.3, 0.4) is 0 Å². The molecule has 0 aromatic carbocycles. The molecular formula is C18H29N3O3. The lowest BCUT2D eigenvalue weighted by Crippen LogP contribution is -2.55. The van der Waals surface area contributed by atoms with Crippen molar-refractivity contribution in [1.82, 2.24) is 15.5 Å². The molecule has 3 rings (SSSR count). The molecule has 24 heavy (non-hydrogen) atoms. The number of nitrogens with one attached hydrogen (secondary N) is 2. The van der Waals surface area contributed by atoms with Gasteiger partial charge < -0.3 is 20.2 Å². The summed E-state index contributed by atoms with van der Waals surface area (Å²) in [5.74, 6) is 1.28. The molecule has 1 saturated heterocycles. The molecule has 1 saturated carbocycles. The molecule has 3 N–H and O–H groups in total. The molecule has 1 aliphatic carbocycles. The standard InChI is InChI=1S/C18H29N3O3/c1-18(13-22,14-7-8-14)20-17(23)19-12-15(16-6-5-11-24-16)21-9-3-2-4-10-21/h5-6,11,14-15,22H,2-4,7-10,12-13H2,1H3,(H2,19,20,23). The highest BCUT2D eigenvalue weighted by molar-refractivity contribution is 5.75. The van der Waals surface area contributed by atoms with Gasteiger partial charge in [-0.25, -0.2) is 4.79 Å². The number of nitrogens with zero attached hydrogens (tertiary/aromatic N) is 1. The van der Waals surface area contributed by atoms with Crippen LogP contribution in [0.4, 0.5) is 4.79 Å². The summed E-state index contributed by atoms with van der Waals surface area (Å²) in [5, 5.41) is 15.5. The number of likely N-dealkylation sites (tertiary alicyclic amines) is 1. The fourth-order valence-electron chi connectivity index (χ4n) is 3.60. The van der Waals surface area contributed by atoms with E-state index < -0.39 is 5.54 Å². The molecule has 2 unspecified atom stereocenters. The molecule has 6 heteroatoms. The predicted molar refractivity (Wildman–Crippen MR) is 91.6 cm³/mol. The summed E-state index contributed by atoms with van der Waals surface area (Å²) in [4.78, 5) is 14.7. The van der Waals surface area contributed by atoms with Gasteiger partial charge in [0.2, 0.25) is 0 Å². The summed E-state index contributed by atoms with van der Waals surface area (Å²) in [7, 11) is 0.